The molecule has 0 aliphatic carbocycles. The van der Waals surface area contributed by atoms with Gasteiger partial charge in [-0.2, -0.15) is 0 Å². The third-order valence-electron chi connectivity index (χ3n) is 3.69. The van der Waals surface area contributed by atoms with Crippen molar-refractivity contribution in [2.45, 2.75) is 45.4 Å². The molecule has 0 N–H and O–H groups in total. The van der Waals surface area contributed by atoms with E-state index in [9.17, 15) is 9.36 Å². The van der Waals surface area contributed by atoms with E-state index in [-0.39, 0.29) is 6.16 Å². The van der Waals surface area contributed by atoms with Gasteiger partial charge >= 0.3 is 0 Å². The fraction of sp³-hybridized carbons (Fsp3) is 0.556. The van der Waals surface area contributed by atoms with Gasteiger partial charge in [0.1, 0.15) is 11.7 Å². The van der Waals surface area contributed by atoms with Gasteiger partial charge in [0.05, 0.1) is 12.8 Å². The summed E-state index contributed by atoms with van der Waals surface area (Å²) in [4.78, 5) is 10.4. The molecule has 0 radical (unpaired) electrons. The SMILES string of the molecule is CCCCCCCCOc1cccc(P(=O)(CC=C=O)OC)c1. The maximum Gasteiger partial charge on any atom is 0.236 e. The third-order valence-corrected chi connectivity index (χ3v) is 6.01. The van der Waals surface area contributed by atoms with Gasteiger partial charge in [-0.15, -0.1) is 0 Å². The first-order chi connectivity index (χ1) is 11.2. The highest BCUT2D eigenvalue weighted by atomic mass is 31.2. The zero-order chi connectivity index (χ0) is 17.0. The topological polar surface area (TPSA) is 52.6 Å². The molecule has 0 bridgehead atoms. The average molecular weight is 338 g/mol. The maximum atomic E-state index is 12.7. The van der Waals surface area contributed by atoms with Crippen LogP contribution in [0.3, 0.4) is 0 Å². The molecule has 1 aromatic carbocycles. The van der Waals surface area contributed by atoms with Crippen LogP contribution in [0.4, 0.5) is 0 Å². The Morgan fingerprint density at radius 3 is 2.61 bits per heavy atom. The number of ether oxygens (including phenoxy) is 1. The van der Waals surface area contributed by atoms with Gasteiger partial charge in [0.25, 0.3) is 0 Å². The summed E-state index contributed by atoms with van der Waals surface area (Å²) in [6, 6.07) is 7.11. The van der Waals surface area contributed by atoms with Crippen LogP contribution in [0.5, 0.6) is 5.75 Å². The Morgan fingerprint density at radius 1 is 1.17 bits per heavy atom. The lowest BCUT2D eigenvalue weighted by molar-refractivity contribution is 0.304. The standard InChI is InChI=1S/C18H27O4P/c1-3-4-5-6-7-8-14-22-17-11-9-12-18(16-17)23(20,21-2)15-10-13-19/h9-12,16H,3-8,14-15H2,1-2H3. The highest BCUT2D eigenvalue weighted by Crippen LogP contribution is 2.45. The van der Waals surface area contributed by atoms with Gasteiger partial charge < -0.3 is 9.26 Å². The zero-order valence-corrected chi connectivity index (χ0v) is 15.0. The van der Waals surface area contributed by atoms with E-state index in [1.54, 1.807) is 24.1 Å². The molecule has 0 amide bonds. The highest BCUT2D eigenvalue weighted by molar-refractivity contribution is 7.67. The van der Waals surface area contributed by atoms with Crippen LogP contribution in [-0.2, 0) is 13.9 Å². The van der Waals surface area contributed by atoms with E-state index in [1.807, 2.05) is 6.07 Å². The molecule has 0 aromatic heterocycles. The van der Waals surface area contributed by atoms with Crippen LogP contribution in [0.2, 0.25) is 0 Å². The molecule has 5 heteroatoms. The normalized spacial score (nSPS) is 13.1. The van der Waals surface area contributed by atoms with Gasteiger partial charge in [-0.25, -0.2) is 4.79 Å². The summed E-state index contributed by atoms with van der Waals surface area (Å²) in [5, 5.41) is 0.562. The van der Waals surface area contributed by atoms with Crippen LogP contribution in [0.25, 0.3) is 0 Å². The first-order valence-electron chi connectivity index (χ1n) is 8.24. The van der Waals surface area contributed by atoms with Gasteiger partial charge in [-0.3, -0.25) is 4.57 Å². The predicted octanol–water partition coefficient (Wildman–Crippen LogP) is 4.36. The summed E-state index contributed by atoms with van der Waals surface area (Å²) < 4.78 is 23.6. The lowest BCUT2D eigenvalue weighted by Gasteiger charge is -2.15. The van der Waals surface area contributed by atoms with Gasteiger partial charge in [0.2, 0.25) is 7.37 Å². The van der Waals surface area contributed by atoms with Gasteiger partial charge in [-0.1, -0.05) is 45.1 Å². The monoisotopic (exact) mass is 338 g/mol. The molecule has 0 heterocycles. The second-order valence-corrected chi connectivity index (χ2v) is 8.07. The Kier molecular flexibility index (Phi) is 9.63. The molecule has 1 unspecified atom stereocenters. The molecular weight excluding hydrogens is 311 g/mol. The molecule has 1 aromatic rings. The van der Waals surface area contributed by atoms with Crippen LogP contribution >= 0.6 is 7.37 Å². The van der Waals surface area contributed by atoms with Crippen LogP contribution in [-0.4, -0.2) is 25.8 Å². The Morgan fingerprint density at radius 2 is 1.91 bits per heavy atom. The minimum Gasteiger partial charge on any atom is -0.494 e. The number of benzene rings is 1. The number of hydrogen-bond donors (Lipinski definition) is 0. The van der Waals surface area contributed by atoms with Gasteiger partial charge in [-0.05, 0) is 24.6 Å². The van der Waals surface area contributed by atoms with Crippen LogP contribution in [0.15, 0.2) is 30.3 Å². The van der Waals surface area contributed by atoms with E-state index >= 15 is 0 Å². The Bertz CT molecular complexity index is 550. The van der Waals surface area contributed by atoms with E-state index in [1.165, 1.54) is 45.3 Å². The second-order valence-electron chi connectivity index (χ2n) is 5.47. The fourth-order valence-electron chi connectivity index (χ4n) is 2.30. The first-order valence-corrected chi connectivity index (χ1v) is 10.0. The summed E-state index contributed by atoms with van der Waals surface area (Å²) in [5.41, 5.74) is 0. The summed E-state index contributed by atoms with van der Waals surface area (Å²) >= 11 is 0. The molecular formula is C18H27O4P. The van der Waals surface area contributed by atoms with Crippen LogP contribution in [0, 0.1) is 0 Å². The number of unbranched alkanes of at least 4 members (excludes halogenated alkanes) is 5. The fourth-order valence-corrected chi connectivity index (χ4v) is 3.82. The number of hydrogen-bond acceptors (Lipinski definition) is 4. The highest BCUT2D eigenvalue weighted by Gasteiger charge is 2.23. The summed E-state index contributed by atoms with van der Waals surface area (Å²) in [7, 11) is -1.66. The summed E-state index contributed by atoms with van der Waals surface area (Å²) in [6.07, 6.45) is 8.51. The molecule has 0 spiro atoms. The predicted molar refractivity (Wildman–Crippen MR) is 94.7 cm³/mol. The first kappa shape index (κ1) is 19.7. The minimum absolute atomic E-state index is 0.0495. The third kappa shape index (κ3) is 7.18. The number of rotatable bonds is 12. The molecule has 0 saturated carbocycles. The van der Waals surface area contributed by atoms with Crippen molar-refractivity contribution in [2.75, 3.05) is 19.9 Å². The smallest absolute Gasteiger partial charge is 0.236 e. The molecule has 4 nitrogen and oxygen atoms in total. The molecule has 23 heavy (non-hydrogen) atoms. The lowest BCUT2D eigenvalue weighted by Crippen LogP contribution is -2.09. The minimum atomic E-state index is -3.05. The molecule has 1 atom stereocenters. The van der Waals surface area contributed by atoms with Crippen LogP contribution < -0.4 is 10.0 Å². The van der Waals surface area contributed by atoms with E-state index in [2.05, 4.69) is 6.92 Å². The molecule has 0 fully saturated rings. The Hall–Kier alpha value is -1.34. The van der Waals surface area contributed by atoms with Gasteiger partial charge in [0, 0.05) is 18.5 Å². The van der Waals surface area contributed by atoms with Crippen molar-refractivity contribution in [1.29, 1.82) is 0 Å². The quantitative estimate of drug-likeness (QED) is 0.323. The number of carbonyl (C=O) groups excluding carboxylic acids is 1. The van der Waals surface area contributed by atoms with E-state index in [0.717, 1.165) is 6.42 Å². The Labute approximate surface area is 139 Å². The van der Waals surface area contributed by atoms with Crippen molar-refractivity contribution in [1.82, 2.24) is 0 Å². The summed E-state index contributed by atoms with van der Waals surface area (Å²) in [5.74, 6) is 2.33. The average Bonchev–Trinajstić information content (AvgIpc) is 2.59. The zero-order valence-electron chi connectivity index (χ0n) is 14.1. The van der Waals surface area contributed by atoms with Crippen molar-refractivity contribution in [3.8, 4) is 5.75 Å². The maximum absolute atomic E-state index is 12.7. The largest absolute Gasteiger partial charge is 0.494 e. The summed E-state index contributed by atoms with van der Waals surface area (Å²) in [6.45, 7) is 2.86. The van der Waals surface area contributed by atoms with Crippen molar-refractivity contribution < 1.29 is 18.6 Å². The molecule has 0 aliphatic heterocycles. The van der Waals surface area contributed by atoms with Crippen molar-refractivity contribution in [2.24, 2.45) is 0 Å². The second kappa shape index (κ2) is 11.2. The van der Waals surface area contributed by atoms with E-state index in [0.29, 0.717) is 17.7 Å². The van der Waals surface area contributed by atoms with E-state index in [4.69, 9.17) is 9.26 Å². The molecule has 0 saturated heterocycles. The molecule has 0 aliphatic rings. The number of allylic oxidation sites excluding steroid dienone is 1. The van der Waals surface area contributed by atoms with Crippen LogP contribution in [0.1, 0.15) is 45.4 Å². The Balaban J connectivity index is 2.52. The molecule has 1 rings (SSSR count). The van der Waals surface area contributed by atoms with Crippen molar-refractivity contribution >= 4 is 18.6 Å². The van der Waals surface area contributed by atoms with E-state index < -0.39 is 7.37 Å². The van der Waals surface area contributed by atoms with Crippen molar-refractivity contribution in [3.05, 3.63) is 30.3 Å². The van der Waals surface area contributed by atoms with Gasteiger partial charge in [0.15, 0.2) is 0 Å². The lowest BCUT2D eigenvalue weighted by atomic mass is 10.1. The van der Waals surface area contributed by atoms with Crippen molar-refractivity contribution in [3.63, 3.8) is 0 Å². The molecule has 128 valence electrons.